The standard InChI is InChI=1S/C13H14N4O/c1-15-12-11-6-7-18-13(11)16-8-17(12)10-4-2-9(14)3-5-10/h2-7,16H,8,14H2,1H3. The van der Waals surface area contributed by atoms with E-state index in [1.807, 2.05) is 30.3 Å². The third-order valence-electron chi connectivity index (χ3n) is 2.98. The van der Waals surface area contributed by atoms with Crippen molar-refractivity contribution in [1.29, 1.82) is 0 Å². The number of furan rings is 1. The molecule has 0 saturated heterocycles. The van der Waals surface area contributed by atoms with Gasteiger partial charge in [0.1, 0.15) is 5.84 Å². The largest absolute Gasteiger partial charge is 0.448 e. The predicted molar refractivity (Wildman–Crippen MR) is 73.0 cm³/mol. The highest BCUT2D eigenvalue weighted by Gasteiger charge is 2.24. The Hall–Kier alpha value is -2.43. The van der Waals surface area contributed by atoms with Crippen LogP contribution >= 0.6 is 0 Å². The molecule has 18 heavy (non-hydrogen) atoms. The van der Waals surface area contributed by atoms with Gasteiger partial charge in [-0.15, -0.1) is 0 Å². The smallest absolute Gasteiger partial charge is 0.205 e. The van der Waals surface area contributed by atoms with Crippen molar-refractivity contribution in [1.82, 2.24) is 0 Å². The minimum absolute atomic E-state index is 0.622. The first kappa shape index (κ1) is 10.7. The summed E-state index contributed by atoms with van der Waals surface area (Å²) in [7, 11) is 1.78. The van der Waals surface area contributed by atoms with Gasteiger partial charge >= 0.3 is 0 Å². The van der Waals surface area contributed by atoms with E-state index in [2.05, 4.69) is 15.2 Å². The molecule has 0 fully saturated rings. The molecule has 0 saturated carbocycles. The lowest BCUT2D eigenvalue weighted by atomic mass is 10.2. The van der Waals surface area contributed by atoms with Crippen molar-refractivity contribution in [3.8, 4) is 0 Å². The highest BCUT2D eigenvalue weighted by atomic mass is 16.3. The van der Waals surface area contributed by atoms with Crippen molar-refractivity contribution in [3.63, 3.8) is 0 Å². The van der Waals surface area contributed by atoms with E-state index in [1.165, 1.54) is 0 Å². The molecule has 0 amide bonds. The Bertz CT molecular complexity index is 585. The van der Waals surface area contributed by atoms with Gasteiger partial charge in [-0.1, -0.05) is 0 Å². The highest BCUT2D eigenvalue weighted by Crippen LogP contribution is 2.27. The van der Waals surface area contributed by atoms with Gasteiger partial charge in [0.15, 0.2) is 0 Å². The number of rotatable bonds is 1. The highest BCUT2D eigenvalue weighted by molar-refractivity contribution is 6.14. The molecule has 1 aliphatic heterocycles. The maximum atomic E-state index is 5.70. The zero-order chi connectivity index (χ0) is 12.5. The van der Waals surface area contributed by atoms with Crippen LogP contribution in [0.5, 0.6) is 0 Å². The lowest BCUT2D eigenvalue weighted by Gasteiger charge is -2.30. The Kier molecular flexibility index (Phi) is 2.44. The molecule has 5 nitrogen and oxygen atoms in total. The minimum atomic E-state index is 0.622. The van der Waals surface area contributed by atoms with Crippen LogP contribution in [0.1, 0.15) is 5.56 Å². The van der Waals surface area contributed by atoms with Crippen LogP contribution in [-0.2, 0) is 0 Å². The van der Waals surface area contributed by atoms with Gasteiger partial charge in [0.25, 0.3) is 0 Å². The molecular weight excluding hydrogens is 228 g/mol. The average Bonchev–Trinajstić information content (AvgIpc) is 2.87. The van der Waals surface area contributed by atoms with Gasteiger partial charge in [-0.2, -0.15) is 0 Å². The molecule has 0 aliphatic carbocycles. The first-order valence-corrected chi connectivity index (χ1v) is 5.71. The van der Waals surface area contributed by atoms with E-state index >= 15 is 0 Å². The molecule has 5 heteroatoms. The van der Waals surface area contributed by atoms with E-state index < -0.39 is 0 Å². The topological polar surface area (TPSA) is 66.8 Å². The van der Waals surface area contributed by atoms with Gasteiger partial charge in [-0.25, -0.2) is 0 Å². The van der Waals surface area contributed by atoms with Crippen LogP contribution in [0.3, 0.4) is 0 Å². The monoisotopic (exact) mass is 242 g/mol. The average molecular weight is 242 g/mol. The molecule has 92 valence electrons. The van der Waals surface area contributed by atoms with Crippen molar-refractivity contribution in [3.05, 3.63) is 42.2 Å². The fourth-order valence-electron chi connectivity index (χ4n) is 2.10. The van der Waals surface area contributed by atoms with Gasteiger partial charge in [0.05, 0.1) is 18.5 Å². The molecule has 2 aromatic rings. The Morgan fingerprint density at radius 2 is 2.06 bits per heavy atom. The van der Waals surface area contributed by atoms with Crippen LogP contribution in [0.2, 0.25) is 0 Å². The number of hydrogen-bond donors (Lipinski definition) is 2. The van der Waals surface area contributed by atoms with Crippen LogP contribution in [0.15, 0.2) is 46.0 Å². The lowest BCUT2D eigenvalue weighted by Crippen LogP contribution is -2.40. The first-order valence-electron chi connectivity index (χ1n) is 5.71. The molecule has 1 aliphatic rings. The number of nitrogens with one attached hydrogen (secondary N) is 1. The van der Waals surface area contributed by atoms with Gasteiger partial charge < -0.3 is 20.4 Å². The van der Waals surface area contributed by atoms with E-state index in [-0.39, 0.29) is 0 Å². The lowest BCUT2D eigenvalue weighted by molar-refractivity contribution is 0.577. The summed E-state index contributed by atoms with van der Waals surface area (Å²) >= 11 is 0. The Balaban J connectivity index is 2.02. The maximum absolute atomic E-state index is 5.70. The number of nitrogens with zero attached hydrogens (tertiary/aromatic N) is 2. The molecule has 0 bridgehead atoms. The summed E-state index contributed by atoms with van der Waals surface area (Å²) < 4.78 is 5.35. The fraction of sp³-hybridized carbons (Fsp3) is 0.154. The van der Waals surface area contributed by atoms with Crippen molar-refractivity contribution in [2.45, 2.75) is 0 Å². The first-order chi connectivity index (χ1) is 8.79. The van der Waals surface area contributed by atoms with Crippen LogP contribution in [0, 0.1) is 0 Å². The van der Waals surface area contributed by atoms with Crippen molar-refractivity contribution < 1.29 is 4.42 Å². The Morgan fingerprint density at radius 3 is 2.78 bits per heavy atom. The zero-order valence-electron chi connectivity index (χ0n) is 10.1. The summed E-state index contributed by atoms with van der Waals surface area (Å²) in [6.07, 6.45) is 1.66. The fourth-order valence-corrected chi connectivity index (χ4v) is 2.10. The number of benzene rings is 1. The number of amidine groups is 1. The normalized spacial score (nSPS) is 16.5. The van der Waals surface area contributed by atoms with E-state index in [4.69, 9.17) is 10.2 Å². The molecule has 0 spiro atoms. The second-order valence-electron chi connectivity index (χ2n) is 4.07. The Morgan fingerprint density at radius 1 is 1.28 bits per heavy atom. The van der Waals surface area contributed by atoms with Gasteiger partial charge in [0.2, 0.25) is 5.88 Å². The van der Waals surface area contributed by atoms with Crippen molar-refractivity contribution >= 4 is 23.1 Å². The summed E-state index contributed by atoms with van der Waals surface area (Å²) in [5.41, 5.74) is 8.47. The number of hydrogen-bond acceptors (Lipinski definition) is 4. The van der Waals surface area contributed by atoms with Crippen LogP contribution < -0.4 is 16.0 Å². The number of aliphatic imine (C=N–C) groups is 1. The van der Waals surface area contributed by atoms with Gasteiger partial charge in [-0.05, 0) is 30.3 Å². The quantitative estimate of drug-likeness (QED) is 0.752. The third kappa shape index (κ3) is 1.60. The molecule has 3 N–H and O–H groups in total. The molecular formula is C13H14N4O. The second-order valence-corrected chi connectivity index (χ2v) is 4.07. The number of fused-ring (bicyclic) bond motifs is 1. The summed E-state index contributed by atoms with van der Waals surface area (Å²) in [4.78, 5) is 6.43. The van der Waals surface area contributed by atoms with Crippen LogP contribution in [-0.4, -0.2) is 19.6 Å². The number of nitrogen functional groups attached to an aromatic ring is 1. The van der Waals surface area contributed by atoms with Crippen LogP contribution in [0.4, 0.5) is 17.3 Å². The molecule has 3 rings (SSSR count). The van der Waals surface area contributed by atoms with Gasteiger partial charge in [0, 0.05) is 18.4 Å². The van der Waals surface area contributed by atoms with E-state index in [1.54, 1.807) is 13.3 Å². The number of nitrogens with two attached hydrogens (primary N) is 1. The van der Waals surface area contributed by atoms with Crippen molar-refractivity contribution in [2.75, 3.05) is 29.7 Å². The molecule has 1 aromatic carbocycles. The maximum Gasteiger partial charge on any atom is 0.205 e. The summed E-state index contributed by atoms with van der Waals surface area (Å²) in [6, 6.07) is 9.63. The second kappa shape index (κ2) is 4.10. The molecule has 1 aromatic heterocycles. The summed E-state index contributed by atoms with van der Waals surface area (Å²) in [6.45, 7) is 0.622. The Labute approximate surface area is 105 Å². The summed E-state index contributed by atoms with van der Waals surface area (Å²) in [5.74, 6) is 1.66. The third-order valence-corrected chi connectivity index (χ3v) is 2.98. The predicted octanol–water partition coefficient (Wildman–Crippen LogP) is 2.13. The molecule has 0 radical (unpaired) electrons. The molecule has 2 heterocycles. The van der Waals surface area contributed by atoms with Crippen LogP contribution in [0.25, 0.3) is 0 Å². The summed E-state index contributed by atoms with van der Waals surface area (Å²) in [5, 5.41) is 3.22. The van der Waals surface area contributed by atoms with E-state index in [0.717, 1.165) is 28.7 Å². The number of anilines is 3. The van der Waals surface area contributed by atoms with E-state index in [9.17, 15) is 0 Å². The molecule has 0 atom stereocenters. The van der Waals surface area contributed by atoms with Gasteiger partial charge in [-0.3, -0.25) is 4.99 Å². The van der Waals surface area contributed by atoms with E-state index in [0.29, 0.717) is 6.67 Å². The zero-order valence-corrected chi connectivity index (χ0v) is 10.1. The SMILES string of the molecule is CN=C1c2ccoc2NCN1c1ccc(N)cc1. The minimum Gasteiger partial charge on any atom is -0.448 e. The van der Waals surface area contributed by atoms with Crippen molar-refractivity contribution in [2.24, 2.45) is 4.99 Å². The molecule has 0 unspecified atom stereocenters.